The summed E-state index contributed by atoms with van der Waals surface area (Å²) in [6.07, 6.45) is 0. The summed E-state index contributed by atoms with van der Waals surface area (Å²) >= 11 is 4.63. The number of methoxy groups -OCH3 is 1. The van der Waals surface area contributed by atoms with Gasteiger partial charge in [0.25, 0.3) is 5.91 Å². The molecule has 5 rings (SSSR count). The first-order valence-electron chi connectivity index (χ1n) is 11.4. The molecule has 0 aliphatic heterocycles. The number of nitrogen functional groups attached to an aromatic ring is 1. The Morgan fingerprint density at radius 1 is 0.973 bits per heavy atom. The number of halogens is 1. The number of hydrogen-bond donors (Lipinski definition) is 2. The van der Waals surface area contributed by atoms with Crippen LogP contribution in [0.3, 0.4) is 0 Å². The number of fused-ring (bicyclic) bond motifs is 1. The van der Waals surface area contributed by atoms with Crippen molar-refractivity contribution in [2.24, 2.45) is 0 Å². The smallest absolute Gasteiger partial charge is 0.258 e. The molecule has 6 nitrogen and oxygen atoms in total. The summed E-state index contributed by atoms with van der Waals surface area (Å²) in [6.45, 7) is 1.79. The fourth-order valence-corrected chi connectivity index (χ4v) is 5.58. The fourth-order valence-electron chi connectivity index (χ4n) is 4.21. The lowest BCUT2D eigenvalue weighted by Gasteiger charge is -2.15. The maximum absolute atomic E-state index is 13.6. The van der Waals surface area contributed by atoms with Crippen LogP contribution in [0.5, 0.6) is 5.75 Å². The molecule has 0 aliphatic rings. The first kappa shape index (κ1) is 24.7. The van der Waals surface area contributed by atoms with Crippen LogP contribution in [0.25, 0.3) is 21.3 Å². The molecule has 3 N–H and O–H groups in total. The molecular formula is C29H22BrN3O3S. The van der Waals surface area contributed by atoms with Crippen molar-refractivity contribution in [3.05, 3.63) is 105 Å². The van der Waals surface area contributed by atoms with Crippen molar-refractivity contribution < 1.29 is 14.3 Å². The van der Waals surface area contributed by atoms with E-state index in [1.165, 1.54) is 11.3 Å². The number of thiophene rings is 1. The average Bonchev–Trinajstić information content (AvgIpc) is 3.24. The van der Waals surface area contributed by atoms with Gasteiger partial charge in [-0.1, -0.05) is 46.3 Å². The third kappa shape index (κ3) is 4.73. The number of carbonyl (C=O) groups is 2. The van der Waals surface area contributed by atoms with Gasteiger partial charge in [-0.15, -0.1) is 11.3 Å². The number of aryl methyl sites for hydroxylation is 1. The Hall–Kier alpha value is -4.01. The molecule has 184 valence electrons. The molecule has 0 fully saturated rings. The molecule has 8 heteroatoms. The molecule has 5 aromatic rings. The van der Waals surface area contributed by atoms with Crippen LogP contribution < -0.4 is 15.8 Å². The molecule has 0 bridgehead atoms. The summed E-state index contributed by atoms with van der Waals surface area (Å²) in [5.74, 6) is 0.183. The normalized spacial score (nSPS) is 10.9. The summed E-state index contributed by atoms with van der Waals surface area (Å²) in [5.41, 5.74) is 10.5. The molecule has 0 spiro atoms. The number of benzene rings is 3. The molecule has 0 saturated carbocycles. The number of aromatic nitrogens is 1. The van der Waals surface area contributed by atoms with Crippen LogP contribution >= 0.6 is 27.3 Å². The first-order chi connectivity index (χ1) is 17.9. The van der Waals surface area contributed by atoms with E-state index in [0.717, 1.165) is 10.0 Å². The number of rotatable bonds is 6. The second-order valence-electron chi connectivity index (χ2n) is 8.36. The summed E-state index contributed by atoms with van der Waals surface area (Å²) in [4.78, 5) is 32.7. The molecule has 0 atom stereocenters. The van der Waals surface area contributed by atoms with E-state index in [9.17, 15) is 9.59 Å². The summed E-state index contributed by atoms with van der Waals surface area (Å²) in [6, 6.07) is 23.7. The number of para-hydroxylation sites is 1. The van der Waals surface area contributed by atoms with Gasteiger partial charge >= 0.3 is 0 Å². The Kier molecular flexibility index (Phi) is 6.78. The zero-order valence-electron chi connectivity index (χ0n) is 20.0. The van der Waals surface area contributed by atoms with E-state index in [2.05, 4.69) is 21.2 Å². The van der Waals surface area contributed by atoms with Gasteiger partial charge in [0.05, 0.1) is 24.1 Å². The van der Waals surface area contributed by atoms with E-state index in [1.807, 2.05) is 66.7 Å². The number of ether oxygens (including phenoxy) is 1. The highest BCUT2D eigenvalue weighted by Crippen LogP contribution is 2.43. The molecule has 37 heavy (non-hydrogen) atoms. The van der Waals surface area contributed by atoms with Crippen molar-refractivity contribution in [1.29, 1.82) is 0 Å². The molecule has 0 aliphatic carbocycles. The minimum absolute atomic E-state index is 0.193. The standard InChI is InChI=1S/C29H22BrN3O3S/c1-16-22(28(35)33-20-6-4-3-5-7-20)23(17-10-14-21(36-2)15-11-17)24-25(31)27(37-29(24)32-16)26(34)18-8-12-19(30)13-9-18/h3-15H,31H2,1-2H3,(H,33,35). The van der Waals surface area contributed by atoms with E-state index in [-0.39, 0.29) is 11.7 Å². The number of nitrogens with zero attached hydrogens (tertiary/aromatic N) is 1. The summed E-state index contributed by atoms with van der Waals surface area (Å²) in [5, 5.41) is 3.55. The number of nitrogens with one attached hydrogen (secondary N) is 1. The lowest BCUT2D eigenvalue weighted by atomic mass is 9.94. The van der Waals surface area contributed by atoms with Gasteiger partial charge in [-0.3, -0.25) is 9.59 Å². The molecule has 2 heterocycles. The van der Waals surface area contributed by atoms with Crippen LogP contribution in [0, 0.1) is 6.92 Å². The Morgan fingerprint density at radius 2 is 1.65 bits per heavy atom. The quantitative estimate of drug-likeness (QED) is 0.212. The molecule has 0 radical (unpaired) electrons. The highest BCUT2D eigenvalue weighted by molar-refractivity contribution is 9.10. The monoisotopic (exact) mass is 571 g/mol. The average molecular weight is 572 g/mol. The van der Waals surface area contributed by atoms with Crippen LogP contribution in [0.1, 0.15) is 31.3 Å². The Bertz CT molecular complexity index is 1630. The number of hydrogen-bond acceptors (Lipinski definition) is 6. The number of pyridine rings is 1. The van der Waals surface area contributed by atoms with Gasteiger partial charge in [0.2, 0.25) is 5.78 Å². The number of carbonyl (C=O) groups excluding carboxylic acids is 2. The predicted molar refractivity (Wildman–Crippen MR) is 153 cm³/mol. The minimum Gasteiger partial charge on any atom is -0.497 e. The van der Waals surface area contributed by atoms with Crippen LogP contribution in [0.15, 0.2) is 83.3 Å². The Labute approximate surface area is 226 Å². The molecule has 0 saturated heterocycles. The number of nitrogens with two attached hydrogens (primary N) is 1. The first-order valence-corrected chi connectivity index (χ1v) is 13.0. The minimum atomic E-state index is -0.310. The number of ketones is 1. The third-order valence-electron chi connectivity index (χ3n) is 6.01. The van der Waals surface area contributed by atoms with Gasteiger partial charge in [0.15, 0.2) is 0 Å². The van der Waals surface area contributed by atoms with Gasteiger partial charge in [0, 0.05) is 26.7 Å². The molecular weight excluding hydrogens is 550 g/mol. The van der Waals surface area contributed by atoms with Gasteiger partial charge in [-0.2, -0.15) is 0 Å². The van der Waals surface area contributed by atoms with E-state index >= 15 is 0 Å². The van der Waals surface area contributed by atoms with Crippen molar-refractivity contribution in [2.75, 3.05) is 18.2 Å². The largest absolute Gasteiger partial charge is 0.497 e. The Balaban J connectivity index is 1.73. The predicted octanol–water partition coefficient (Wildman–Crippen LogP) is 7.11. The van der Waals surface area contributed by atoms with Crippen molar-refractivity contribution in [2.45, 2.75) is 6.92 Å². The van der Waals surface area contributed by atoms with Crippen LogP contribution in [-0.2, 0) is 0 Å². The number of anilines is 2. The SMILES string of the molecule is COc1ccc(-c2c(C(=O)Nc3ccccc3)c(C)nc3sc(C(=O)c4ccc(Br)cc4)c(N)c23)cc1. The van der Waals surface area contributed by atoms with Gasteiger partial charge < -0.3 is 15.8 Å². The third-order valence-corrected chi connectivity index (χ3v) is 7.63. The topological polar surface area (TPSA) is 94.3 Å². The van der Waals surface area contributed by atoms with Gasteiger partial charge in [0.1, 0.15) is 15.5 Å². The summed E-state index contributed by atoms with van der Waals surface area (Å²) < 4.78 is 6.20. The second kappa shape index (κ2) is 10.2. The maximum Gasteiger partial charge on any atom is 0.258 e. The van der Waals surface area contributed by atoms with Crippen LogP contribution in [0.2, 0.25) is 0 Å². The van der Waals surface area contributed by atoms with E-state index < -0.39 is 0 Å². The molecule has 0 unspecified atom stereocenters. The molecule has 3 aromatic carbocycles. The lowest BCUT2D eigenvalue weighted by Crippen LogP contribution is -2.16. The maximum atomic E-state index is 13.6. The van der Waals surface area contributed by atoms with E-state index in [4.69, 9.17) is 15.5 Å². The zero-order valence-corrected chi connectivity index (χ0v) is 22.4. The highest BCUT2D eigenvalue weighted by Gasteiger charge is 2.27. The van der Waals surface area contributed by atoms with E-state index in [0.29, 0.717) is 54.6 Å². The van der Waals surface area contributed by atoms with Crippen LogP contribution in [0.4, 0.5) is 11.4 Å². The Morgan fingerprint density at radius 3 is 2.30 bits per heavy atom. The fraction of sp³-hybridized carbons (Fsp3) is 0.0690. The molecule has 1 amide bonds. The van der Waals surface area contributed by atoms with E-state index in [1.54, 1.807) is 26.2 Å². The van der Waals surface area contributed by atoms with Gasteiger partial charge in [-0.25, -0.2) is 4.98 Å². The second-order valence-corrected chi connectivity index (χ2v) is 10.3. The number of amides is 1. The lowest BCUT2D eigenvalue weighted by molar-refractivity contribution is 0.102. The van der Waals surface area contributed by atoms with Crippen LogP contribution in [-0.4, -0.2) is 23.8 Å². The van der Waals surface area contributed by atoms with Crippen molar-refractivity contribution in [3.63, 3.8) is 0 Å². The van der Waals surface area contributed by atoms with Crippen molar-refractivity contribution in [3.8, 4) is 16.9 Å². The van der Waals surface area contributed by atoms with Crippen molar-refractivity contribution in [1.82, 2.24) is 4.98 Å². The summed E-state index contributed by atoms with van der Waals surface area (Å²) in [7, 11) is 1.60. The van der Waals surface area contributed by atoms with Crippen molar-refractivity contribution >= 4 is 60.5 Å². The highest BCUT2D eigenvalue weighted by atomic mass is 79.9. The zero-order chi connectivity index (χ0) is 26.1. The van der Waals surface area contributed by atoms with Gasteiger partial charge in [-0.05, 0) is 61.0 Å². The molecule has 2 aromatic heterocycles.